The van der Waals surface area contributed by atoms with E-state index < -0.39 is 0 Å². The number of carbonyl (C=O) groups is 2. The number of ether oxygens (including phenoxy) is 1. The zero-order valence-electron chi connectivity index (χ0n) is 22.0. The van der Waals surface area contributed by atoms with Gasteiger partial charge in [0, 0.05) is 30.2 Å². The number of thioether (sulfide) groups is 1. The number of thiocarbonyl (C=S) groups is 1. The summed E-state index contributed by atoms with van der Waals surface area (Å²) >= 11 is 13.0. The Labute approximate surface area is 242 Å². The van der Waals surface area contributed by atoms with Gasteiger partial charge in [-0.1, -0.05) is 53.8 Å². The van der Waals surface area contributed by atoms with Crippen molar-refractivity contribution in [3.8, 4) is 6.07 Å². The van der Waals surface area contributed by atoms with Crippen molar-refractivity contribution in [3.05, 3.63) is 66.8 Å². The Morgan fingerprint density at radius 1 is 1.26 bits per heavy atom. The lowest BCUT2D eigenvalue weighted by Gasteiger charge is -2.35. The number of pyridine rings is 1. The van der Waals surface area contributed by atoms with Crippen molar-refractivity contribution in [3.63, 3.8) is 0 Å². The standard InChI is InChI=1S/C28H29ClN4O4S2/c1-4-32-24(31-12-10-18(11-13-31)27(36)37-5-2)20(17(3)21(15-30)25(32)34)14-23-26(35)33(28(38)39-23)16-19-8-6-7-9-22(19)29/h6-9,14,18H,4-5,10-13,16H2,1-3H3/b23-14+. The fourth-order valence-electron chi connectivity index (χ4n) is 4.93. The minimum Gasteiger partial charge on any atom is -0.466 e. The summed E-state index contributed by atoms with van der Waals surface area (Å²) < 4.78 is 7.19. The fraction of sp³-hybridized carbons (Fsp3) is 0.393. The van der Waals surface area contributed by atoms with Gasteiger partial charge in [-0.05, 0) is 56.9 Å². The summed E-state index contributed by atoms with van der Waals surface area (Å²) in [6.07, 6.45) is 2.89. The number of piperidine rings is 1. The molecule has 2 saturated heterocycles. The lowest BCUT2D eigenvalue weighted by Crippen LogP contribution is -2.41. The molecule has 2 aromatic rings. The summed E-state index contributed by atoms with van der Waals surface area (Å²) in [6.45, 7) is 7.34. The van der Waals surface area contributed by atoms with Crippen LogP contribution in [0.3, 0.4) is 0 Å². The van der Waals surface area contributed by atoms with Crippen molar-refractivity contribution in [2.75, 3.05) is 24.6 Å². The first-order valence-corrected chi connectivity index (χ1v) is 14.4. The largest absolute Gasteiger partial charge is 0.466 e. The summed E-state index contributed by atoms with van der Waals surface area (Å²) in [4.78, 5) is 43.0. The number of carbonyl (C=O) groups excluding carboxylic acids is 2. The highest BCUT2D eigenvalue weighted by Gasteiger charge is 2.34. The Hall–Kier alpha value is -3.13. The van der Waals surface area contributed by atoms with Gasteiger partial charge in [0.2, 0.25) is 0 Å². The number of esters is 1. The second kappa shape index (κ2) is 12.4. The average molecular weight is 585 g/mol. The molecule has 0 aliphatic carbocycles. The van der Waals surface area contributed by atoms with Crippen LogP contribution in [-0.4, -0.2) is 45.4 Å². The topological polar surface area (TPSA) is 95.6 Å². The highest BCUT2D eigenvalue weighted by atomic mass is 35.5. The van der Waals surface area contributed by atoms with Gasteiger partial charge in [-0.15, -0.1) is 0 Å². The minimum atomic E-state index is -0.372. The molecule has 0 spiro atoms. The number of benzene rings is 1. The highest BCUT2D eigenvalue weighted by molar-refractivity contribution is 8.26. The molecule has 0 saturated carbocycles. The van der Waals surface area contributed by atoms with Gasteiger partial charge in [-0.2, -0.15) is 5.26 Å². The minimum absolute atomic E-state index is 0.0415. The van der Waals surface area contributed by atoms with E-state index in [9.17, 15) is 19.6 Å². The van der Waals surface area contributed by atoms with Crippen molar-refractivity contribution >= 4 is 63.7 Å². The molecule has 0 atom stereocenters. The van der Waals surface area contributed by atoms with Crippen molar-refractivity contribution in [2.24, 2.45) is 5.92 Å². The molecule has 0 unspecified atom stereocenters. The van der Waals surface area contributed by atoms with Gasteiger partial charge in [0.1, 0.15) is 21.8 Å². The summed E-state index contributed by atoms with van der Waals surface area (Å²) in [5, 5.41) is 10.4. The maximum absolute atomic E-state index is 13.5. The Balaban J connectivity index is 1.74. The molecule has 0 radical (unpaired) electrons. The lowest BCUT2D eigenvalue weighted by molar-refractivity contribution is -0.148. The third kappa shape index (κ3) is 5.76. The first-order chi connectivity index (χ1) is 18.7. The lowest BCUT2D eigenvalue weighted by atomic mass is 9.95. The van der Waals surface area contributed by atoms with Crippen LogP contribution in [0.25, 0.3) is 6.08 Å². The molecule has 11 heteroatoms. The van der Waals surface area contributed by atoms with Crippen LogP contribution in [0.15, 0.2) is 34.0 Å². The number of nitriles is 1. The number of halogens is 1. The highest BCUT2D eigenvalue weighted by Crippen LogP contribution is 2.38. The van der Waals surface area contributed by atoms with E-state index in [1.165, 1.54) is 16.7 Å². The average Bonchev–Trinajstić information content (AvgIpc) is 3.19. The molecular formula is C28H29ClN4O4S2. The van der Waals surface area contributed by atoms with Gasteiger partial charge >= 0.3 is 5.97 Å². The number of aromatic nitrogens is 1. The van der Waals surface area contributed by atoms with Gasteiger partial charge < -0.3 is 9.64 Å². The molecule has 204 valence electrons. The van der Waals surface area contributed by atoms with Gasteiger partial charge in [0.05, 0.1) is 24.0 Å². The van der Waals surface area contributed by atoms with E-state index in [2.05, 4.69) is 11.0 Å². The number of hydrogen-bond donors (Lipinski definition) is 0. The number of hydrogen-bond acceptors (Lipinski definition) is 8. The normalized spacial score (nSPS) is 17.2. The van der Waals surface area contributed by atoms with E-state index in [-0.39, 0.29) is 35.5 Å². The molecule has 1 amide bonds. The van der Waals surface area contributed by atoms with Crippen LogP contribution in [0.2, 0.25) is 5.02 Å². The maximum atomic E-state index is 13.5. The molecule has 3 heterocycles. The van der Waals surface area contributed by atoms with Crippen molar-refractivity contribution < 1.29 is 14.3 Å². The molecule has 0 bridgehead atoms. The van der Waals surface area contributed by atoms with Gasteiger partial charge in [0.15, 0.2) is 0 Å². The maximum Gasteiger partial charge on any atom is 0.309 e. The third-order valence-corrected chi connectivity index (χ3v) is 8.76. The van der Waals surface area contributed by atoms with E-state index in [0.717, 1.165) is 5.56 Å². The van der Waals surface area contributed by atoms with Gasteiger partial charge in [-0.3, -0.25) is 23.9 Å². The Bertz CT molecular complexity index is 1450. The van der Waals surface area contributed by atoms with Crippen LogP contribution < -0.4 is 10.5 Å². The molecule has 1 aromatic carbocycles. The Morgan fingerprint density at radius 2 is 1.95 bits per heavy atom. The smallest absolute Gasteiger partial charge is 0.309 e. The molecule has 8 nitrogen and oxygen atoms in total. The Morgan fingerprint density at radius 3 is 2.56 bits per heavy atom. The number of anilines is 1. The van der Waals surface area contributed by atoms with Crippen molar-refractivity contribution in [2.45, 2.75) is 46.7 Å². The van der Waals surface area contributed by atoms with Gasteiger partial charge in [0.25, 0.3) is 11.5 Å². The zero-order valence-corrected chi connectivity index (χ0v) is 24.4. The van der Waals surface area contributed by atoms with E-state index in [1.807, 2.05) is 25.1 Å². The molecule has 2 aliphatic heterocycles. The molecule has 2 fully saturated rings. The first kappa shape index (κ1) is 28.9. The van der Waals surface area contributed by atoms with E-state index >= 15 is 0 Å². The predicted molar refractivity (Wildman–Crippen MR) is 158 cm³/mol. The zero-order chi connectivity index (χ0) is 28.3. The summed E-state index contributed by atoms with van der Waals surface area (Å²) in [6, 6.07) is 9.35. The quantitative estimate of drug-likeness (QED) is 0.258. The number of nitrogens with zero attached hydrogens (tertiary/aromatic N) is 4. The first-order valence-electron chi connectivity index (χ1n) is 12.8. The SMILES string of the molecule is CCOC(=O)C1CCN(c2c(/C=C3/SC(=S)N(Cc4ccccc4Cl)C3=O)c(C)c(C#N)c(=O)n2CC)CC1. The van der Waals surface area contributed by atoms with E-state index in [0.29, 0.717) is 70.3 Å². The summed E-state index contributed by atoms with van der Waals surface area (Å²) in [5.74, 6) is -0.0304. The second-order valence-corrected chi connectivity index (χ2v) is 11.4. The molecule has 4 rings (SSSR count). The molecule has 39 heavy (non-hydrogen) atoms. The monoisotopic (exact) mass is 584 g/mol. The van der Waals surface area contributed by atoms with Crippen LogP contribution in [0.5, 0.6) is 0 Å². The fourth-order valence-corrected chi connectivity index (χ4v) is 6.36. The van der Waals surface area contributed by atoms with Crippen molar-refractivity contribution in [1.29, 1.82) is 5.26 Å². The molecular weight excluding hydrogens is 556 g/mol. The summed E-state index contributed by atoms with van der Waals surface area (Å²) in [5.41, 5.74) is 1.58. The third-order valence-electron chi connectivity index (χ3n) is 7.01. The van der Waals surface area contributed by atoms with Crippen LogP contribution in [0.1, 0.15) is 48.9 Å². The second-order valence-electron chi connectivity index (χ2n) is 9.27. The predicted octanol–water partition coefficient (Wildman–Crippen LogP) is 4.88. The van der Waals surface area contributed by atoms with Crippen LogP contribution >= 0.6 is 35.6 Å². The van der Waals surface area contributed by atoms with Crippen LogP contribution in [0, 0.1) is 24.2 Å². The molecule has 0 N–H and O–H groups in total. The van der Waals surface area contributed by atoms with E-state index in [1.54, 1.807) is 30.6 Å². The number of amides is 1. The van der Waals surface area contributed by atoms with Crippen molar-refractivity contribution in [1.82, 2.24) is 9.47 Å². The summed E-state index contributed by atoms with van der Waals surface area (Å²) in [7, 11) is 0. The Kier molecular flexibility index (Phi) is 9.15. The molecule has 1 aromatic heterocycles. The van der Waals surface area contributed by atoms with E-state index in [4.69, 9.17) is 28.6 Å². The van der Waals surface area contributed by atoms with Gasteiger partial charge in [-0.25, -0.2) is 0 Å². The van der Waals surface area contributed by atoms with Crippen LogP contribution in [0.4, 0.5) is 5.82 Å². The molecule has 2 aliphatic rings. The number of rotatable bonds is 7. The van der Waals surface area contributed by atoms with Crippen LogP contribution in [-0.2, 0) is 27.4 Å².